The first kappa shape index (κ1) is 14.8. The summed E-state index contributed by atoms with van der Waals surface area (Å²) < 4.78 is 0. The number of halogens is 1. The van der Waals surface area contributed by atoms with E-state index in [2.05, 4.69) is 17.1 Å². The summed E-state index contributed by atoms with van der Waals surface area (Å²) in [5.74, 6) is 0.387. The molecule has 2 saturated heterocycles. The third-order valence-electron chi connectivity index (χ3n) is 4.04. The van der Waals surface area contributed by atoms with Crippen molar-refractivity contribution in [2.75, 3.05) is 13.1 Å². The fourth-order valence-electron chi connectivity index (χ4n) is 3.03. The maximum Gasteiger partial charge on any atom is 0.222 e. The minimum Gasteiger partial charge on any atom is -0.340 e. The molecule has 4 heteroatoms. The second-order valence-electron chi connectivity index (χ2n) is 5.12. The molecule has 0 saturated carbocycles. The summed E-state index contributed by atoms with van der Waals surface area (Å²) in [6.07, 6.45) is 7.84. The Morgan fingerprint density at radius 2 is 2.18 bits per heavy atom. The minimum absolute atomic E-state index is 0. The van der Waals surface area contributed by atoms with Crippen LogP contribution in [0.5, 0.6) is 0 Å². The highest BCUT2D eigenvalue weighted by molar-refractivity contribution is 5.85. The zero-order chi connectivity index (χ0) is 11.4. The molecule has 0 aliphatic carbocycles. The molecule has 2 unspecified atom stereocenters. The summed E-state index contributed by atoms with van der Waals surface area (Å²) >= 11 is 0. The molecule has 0 aromatic carbocycles. The molecule has 2 aliphatic heterocycles. The maximum absolute atomic E-state index is 12.1. The predicted octanol–water partition coefficient (Wildman–Crippen LogP) is 2.34. The van der Waals surface area contributed by atoms with E-state index < -0.39 is 0 Å². The first-order valence-electron chi connectivity index (χ1n) is 6.84. The number of amides is 1. The SMILES string of the molecule is CCC1CCCN1C(=O)CCC1CCCN1.Cl. The molecule has 2 atom stereocenters. The van der Waals surface area contributed by atoms with Crippen molar-refractivity contribution >= 4 is 18.3 Å². The van der Waals surface area contributed by atoms with Gasteiger partial charge in [-0.2, -0.15) is 0 Å². The van der Waals surface area contributed by atoms with Crippen LogP contribution in [0.1, 0.15) is 51.9 Å². The molecule has 3 nitrogen and oxygen atoms in total. The van der Waals surface area contributed by atoms with Gasteiger partial charge in [0.15, 0.2) is 0 Å². The summed E-state index contributed by atoms with van der Waals surface area (Å²) in [6, 6.07) is 1.13. The van der Waals surface area contributed by atoms with Crippen LogP contribution in [-0.2, 0) is 4.79 Å². The van der Waals surface area contributed by atoms with Gasteiger partial charge in [-0.25, -0.2) is 0 Å². The molecule has 2 rings (SSSR count). The van der Waals surface area contributed by atoms with Crippen LogP contribution in [0.2, 0.25) is 0 Å². The highest BCUT2D eigenvalue weighted by atomic mass is 35.5. The lowest BCUT2D eigenvalue weighted by Gasteiger charge is -2.24. The summed E-state index contributed by atoms with van der Waals surface area (Å²) in [6.45, 7) is 4.32. The summed E-state index contributed by atoms with van der Waals surface area (Å²) in [7, 11) is 0. The Labute approximate surface area is 111 Å². The van der Waals surface area contributed by atoms with Gasteiger partial charge >= 0.3 is 0 Å². The first-order valence-corrected chi connectivity index (χ1v) is 6.84. The summed E-state index contributed by atoms with van der Waals surface area (Å²) in [5, 5.41) is 3.46. The van der Waals surface area contributed by atoms with Crippen molar-refractivity contribution in [2.45, 2.75) is 64.0 Å². The number of rotatable bonds is 4. The van der Waals surface area contributed by atoms with Gasteiger partial charge in [0.1, 0.15) is 0 Å². The Hall–Kier alpha value is -0.280. The average Bonchev–Trinajstić information content (AvgIpc) is 2.96. The van der Waals surface area contributed by atoms with Crippen LogP contribution >= 0.6 is 12.4 Å². The van der Waals surface area contributed by atoms with Gasteiger partial charge < -0.3 is 10.2 Å². The van der Waals surface area contributed by atoms with E-state index in [1.165, 1.54) is 25.7 Å². The van der Waals surface area contributed by atoms with Crippen molar-refractivity contribution in [3.8, 4) is 0 Å². The van der Waals surface area contributed by atoms with Gasteiger partial charge in [0.2, 0.25) is 5.91 Å². The Morgan fingerprint density at radius 3 is 2.82 bits per heavy atom. The molecule has 17 heavy (non-hydrogen) atoms. The standard InChI is InChI=1S/C13H24N2O.ClH/c1-2-12-6-4-10-15(12)13(16)8-7-11-5-3-9-14-11;/h11-12,14H,2-10H2,1H3;1H. The van der Waals surface area contributed by atoms with Crippen molar-refractivity contribution in [2.24, 2.45) is 0 Å². The number of hydrogen-bond acceptors (Lipinski definition) is 2. The molecule has 2 aliphatic rings. The normalized spacial score (nSPS) is 28.2. The maximum atomic E-state index is 12.1. The quantitative estimate of drug-likeness (QED) is 0.842. The average molecular weight is 261 g/mol. The van der Waals surface area contributed by atoms with E-state index in [9.17, 15) is 4.79 Å². The molecular weight excluding hydrogens is 236 g/mol. The smallest absolute Gasteiger partial charge is 0.222 e. The zero-order valence-corrected chi connectivity index (χ0v) is 11.6. The molecule has 1 N–H and O–H groups in total. The number of likely N-dealkylation sites (tertiary alicyclic amines) is 1. The third kappa shape index (κ3) is 3.85. The molecule has 0 radical (unpaired) electrons. The Morgan fingerprint density at radius 1 is 1.35 bits per heavy atom. The van der Waals surface area contributed by atoms with Gasteiger partial charge in [-0.3, -0.25) is 4.79 Å². The van der Waals surface area contributed by atoms with Gasteiger partial charge in [0.05, 0.1) is 0 Å². The summed E-state index contributed by atoms with van der Waals surface area (Å²) in [5.41, 5.74) is 0. The lowest BCUT2D eigenvalue weighted by atomic mass is 10.1. The fourth-order valence-corrected chi connectivity index (χ4v) is 3.03. The van der Waals surface area contributed by atoms with E-state index in [1.54, 1.807) is 0 Å². The van der Waals surface area contributed by atoms with Crippen molar-refractivity contribution in [1.29, 1.82) is 0 Å². The third-order valence-corrected chi connectivity index (χ3v) is 4.04. The topological polar surface area (TPSA) is 32.3 Å². The number of carbonyl (C=O) groups excluding carboxylic acids is 1. The first-order chi connectivity index (χ1) is 7.81. The van der Waals surface area contributed by atoms with Crippen LogP contribution in [0.15, 0.2) is 0 Å². The molecule has 1 amide bonds. The van der Waals surface area contributed by atoms with E-state index in [-0.39, 0.29) is 12.4 Å². The molecule has 0 bridgehead atoms. The van der Waals surface area contributed by atoms with Crippen LogP contribution < -0.4 is 5.32 Å². The van der Waals surface area contributed by atoms with Gasteiger partial charge in [0, 0.05) is 25.0 Å². The van der Waals surface area contributed by atoms with Crippen LogP contribution in [0, 0.1) is 0 Å². The van der Waals surface area contributed by atoms with E-state index >= 15 is 0 Å². The van der Waals surface area contributed by atoms with Crippen molar-refractivity contribution in [1.82, 2.24) is 10.2 Å². The van der Waals surface area contributed by atoms with E-state index in [0.717, 1.165) is 32.4 Å². The molecular formula is C13H25ClN2O. The lowest BCUT2D eigenvalue weighted by molar-refractivity contribution is -0.132. The van der Waals surface area contributed by atoms with Crippen molar-refractivity contribution < 1.29 is 4.79 Å². The van der Waals surface area contributed by atoms with Crippen LogP contribution in [-0.4, -0.2) is 36.0 Å². The van der Waals surface area contributed by atoms with Gasteiger partial charge in [-0.1, -0.05) is 6.92 Å². The van der Waals surface area contributed by atoms with Crippen molar-refractivity contribution in [3.05, 3.63) is 0 Å². The second-order valence-corrected chi connectivity index (χ2v) is 5.12. The van der Waals surface area contributed by atoms with Crippen LogP contribution in [0.25, 0.3) is 0 Å². The fraction of sp³-hybridized carbons (Fsp3) is 0.923. The van der Waals surface area contributed by atoms with E-state index in [1.807, 2.05) is 0 Å². The molecule has 0 aromatic heterocycles. The predicted molar refractivity (Wildman–Crippen MR) is 72.5 cm³/mol. The highest BCUT2D eigenvalue weighted by Crippen LogP contribution is 2.21. The number of carbonyl (C=O) groups is 1. The summed E-state index contributed by atoms with van der Waals surface area (Å²) in [4.78, 5) is 14.2. The Kier molecular flexibility index (Phi) is 6.28. The molecule has 2 fully saturated rings. The van der Waals surface area contributed by atoms with Gasteiger partial charge in [0.25, 0.3) is 0 Å². The van der Waals surface area contributed by atoms with E-state index in [4.69, 9.17) is 0 Å². The number of nitrogens with zero attached hydrogens (tertiary/aromatic N) is 1. The van der Waals surface area contributed by atoms with Crippen LogP contribution in [0.3, 0.4) is 0 Å². The monoisotopic (exact) mass is 260 g/mol. The number of nitrogens with one attached hydrogen (secondary N) is 1. The highest BCUT2D eigenvalue weighted by Gasteiger charge is 2.27. The number of hydrogen-bond donors (Lipinski definition) is 1. The lowest BCUT2D eigenvalue weighted by Crippen LogP contribution is -2.36. The van der Waals surface area contributed by atoms with Gasteiger partial charge in [-0.15, -0.1) is 12.4 Å². The molecule has 0 aromatic rings. The molecule has 2 heterocycles. The van der Waals surface area contributed by atoms with Crippen LogP contribution in [0.4, 0.5) is 0 Å². The van der Waals surface area contributed by atoms with Crippen molar-refractivity contribution in [3.63, 3.8) is 0 Å². The minimum atomic E-state index is 0. The van der Waals surface area contributed by atoms with E-state index in [0.29, 0.717) is 18.0 Å². The zero-order valence-electron chi connectivity index (χ0n) is 10.8. The molecule has 100 valence electrons. The molecule has 0 spiro atoms. The second kappa shape index (κ2) is 7.22. The largest absolute Gasteiger partial charge is 0.340 e. The Balaban J connectivity index is 0.00000144. The Bertz CT molecular complexity index is 242. The van der Waals surface area contributed by atoms with Gasteiger partial charge in [-0.05, 0) is 45.1 Å².